The molecule has 0 aliphatic heterocycles. The smallest absolute Gasteiger partial charge is 0.263 e. The van der Waals surface area contributed by atoms with Crippen LogP contribution in [0.25, 0.3) is 10.6 Å². The Morgan fingerprint density at radius 3 is 2.44 bits per heavy atom. The number of anilines is 2. The van der Waals surface area contributed by atoms with Crippen LogP contribution in [0.3, 0.4) is 0 Å². The number of benzene rings is 3. The van der Waals surface area contributed by atoms with E-state index in [2.05, 4.69) is 20.2 Å². The molecule has 0 atom stereocenters. The second-order valence-corrected chi connectivity index (χ2v) is 10.8. The quantitative estimate of drug-likeness (QED) is 0.308. The highest BCUT2D eigenvalue weighted by atomic mass is 35.5. The summed E-state index contributed by atoms with van der Waals surface area (Å²) in [5.41, 5.74) is 3.08. The summed E-state index contributed by atoms with van der Waals surface area (Å²) in [6, 6.07) is 16.4. The van der Waals surface area contributed by atoms with Crippen molar-refractivity contribution in [2.24, 2.45) is 0 Å². The van der Waals surface area contributed by atoms with Gasteiger partial charge in [0.2, 0.25) is 5.13 Å². The number of nitrogens with one attached hydrogen (secondary N) is 2. The summed E-state index contributed by atoms with van der Waals surface area (Å²) in [5, 5.41) is 12.2. The molecule has 0 fully saturated rings. The Labute approximate surface area is 210 Å². The van der Waals surface area contributed by atoms with Crippen LogP contribution in [0.15, 0.2) is 65.6 Å². The molecule has 7 nitrogen and oxygen atoms in total. The van der Waals surface area contributed by atoms with Crippen molar-refractivity contribution in [1.82, 2.24) is 10.2 Å². The summed E-state index contributed by atoms with van der Waals surface area (Å²) in [6.45, 7) is 3.70. The number of rotatable bonds is 6. The predicted molar refractivity (Wildman–Crippen MR) is 136 cm³/mol. The third kappa shape index (κ3) is 5.23. The van der Waals surface area contributed by atoms with Crippen molar-refractivity contribution < 1.29 is 13.2 Å². The fourth-order valence-corrected chi connectivity index (χ4v) is 5.58. The Morgan fingerprint density at radius 2 is 1.71 bits per heavy atom. The molecule has 0 saturated carbocycles. The van der Waals surface area contributed by atoms with E-state index in [4.69, 9.17) is 23.2 Å². The highest BCUT2D eigenvalue weighted by Gasteiger charge is 2.22. The fraction of sp³-hybridized carbons (Fsp3) is 0.0870. The molecule has 4 aromatic rings. The van der Waals surface area contributed by atoms with Gasteiger partial charge in [-0.25, -0.2) is 8.42 Å². The SMILES string of the molecule is Cc1cccc(NS(=O)(=O)c2cc(C(=O)Nc3nnc(-c4ccc(Cl)cc4)s3)ccc2Cl)c1C. The number of carbonyl (C=O) groups excluding carboxylic acids is 1. The first kappa shape index (κ1) is 24.2. The van der Waals surface area contributed by atoms with Crippen molar-refractivity contribution in [3.8, 4) is 10.6 Å². The van der Waals surface area contributed by atoms with Gasteiger partial charge in [0.15, 0.2) is 0 Å². The molecular formula is C23H18Cl2N4O3S2. The van der Waals surface area contributed by atoms with Gasteiger partial charge in [-0.05, 0) is 61.4 Å². The molecule has 11 heteroatoms. The van der Waals surface area contributed by atoms with Gasteiger partial charge in [0.05, 0.1) is 10.7 Å². The number of halogens is 2. The molecule has 0 saturated heterocycles. The van der Waals surface area contributed by atoms with Gasteiger partial charge in [0.25, 0.3) is 15.9 Å². The van der Waals surface area contributed by atoms with Crippen LogP contribution in [0.5, 0.6) is 0 Å². The standard InChI is InChI=1S/C23H18Cl2N4O3S2/c1-13-4-3-5-19(14(13)2)29-34(31,32)20-12-16(8-11-18(20)25)21(30)26-23-28-27-22(33-23)15-6-9-17(24)10-7-15/h3-12,29H,1-2H3,(H,26,28,30). The molecule has 0 bridgehead atoms. The van der Waals surface area contributed by atoms with Gasteiger partial charge in [-0.3, -0.25) is 14.8 Å². The minimum atomic E-state index is -4.05. The maximum Gasteiger partial charge on any atom is 0.263 e. The maximum atomic E-state index is 13.0. The van der Waals surface area contributed by atoms with Gasteiger partial charge in [0.1, 0.15) is 9.90 Å². The molecule has 0 unspecified atom stereocenters. The van der Waals surface area contributed by atoms with E-state index in [-0.39, 0.29) is 20.6 Å². The lowest BCUT2D eigenvalue weighted by molar-refractivity contribution is 0.102. The Balaban J connectivity index is 1.56. The van der Waals surface area contributed by atoms with Crippen LogP contribution in [-0.4, -0.2) is 24.5 Å². The Hall–Kier alpha value is -2.98. The molecule has 1 aromatic heterocycles. The largest absolute Gasteiger partial charge is 0.296 e. The van der Waals surface area contributed by atoms with Gasteiger partial charge >= 0.3 is 0 Å². The average molecular weight is 533 g/mol. The molecule has 1 heterocycles. The Morgan fingerprint density at radius 1 is 0.971 bits per heavy atom. The first-order valence-electron chi connectivity index (χ1n) is 9.93. The second-order valence-electron chi connectivity index (χ2n) is 7.37. The summed E-state index contributed by atoms with van der Waals surface area (Å²) in [7, 11) is -4.05. The van der Waals surface area contributed by atoms with Crippen molar-refractivity contribution >= 4 is 61.3 Å². The number of hydrogen-bond donors (Lipinski definition) is 2. The molecule has 0 aliphatic carbocycles. The topological polar surface area (TPSA) is 101 Å². The number of hydrogen-bond acceptors (Lipinski definition) is 6. The van der Waals surface area contributed by atoms with Crippen molar-refractivity contribution in [2.75, 3.05) is 10.0 Å². The van der Waals surface area contributed by atoms with E-state index in [0.717, 1.165) is 16.7 Å². The van der Waals surface area contributed by atoms with Crippen LogP contribution in [0.4, 0.5) is 10.8 Å². The van der Waals surface area contributed by atoms with Crippen LogP contribution in [0.2, 0.25) is 10.0 Å². The monoisotopic (exact) mass is 532 g/mol. The summed E-state index contributed by atoms with van der Waals surface area (Å²) >= 11 is 13.3. The Kier molecular flexibility index (Phi) is 6.90. The van der Waals surface area contributed by atoms with Crippen molar-refractivity contribution in [2.45, 2.75) is 18.7 Å². The van der Waals surface area contributed by atoms with Gasteiger partial charge in [-0.15, -0.1) is 10.2 Å². The number of aryl methyl sites for hydroxylation is 1. The zero-order valence-electron chi connectivity index (χ0n) is 18.0. The fourth-order valence-electron chi connectivity index (χ4n) is 3.06. The van der Waals surface area contributed by atoms with Gasteiger partial charge in [-0.1, -0.05) is 58.8 Å². The van der Waals surface area contributed by atoms with Crippen LogP contribution in [0, 0.1) is 13.8 Å². The highest BCUT2D eigenvalue weighted by molar-refractivity contribution is 7.92. The molecule has 2 N–H and O–H groups in total. The van der Waals surface area contributed by atoms with Crippen molar-refractivity contribution in [1.29, 1.82) is 0 Å². The van der Waals surface area contributed by atoms with Crippen LogP contribution >= 0.6 is 34.5 Å². The summed E-state index contributed by atoms with van der Waals surface area (Å²) in [4.78, 5) is 12.6. The van der Waals surface area contributed by atoms with E-state index in [1.165, 1.54) is 29.5 Å². The lowest BCUT2D eigenvalue weighted by Crippen LogP contribution is -2.17. The van der Waals surface area contributed by atoms with E-state index in [9.17, 15) is 13.2 Å². The zero-order chi connectivity index (χ0) is 24.5. The van der Waals surface area contributed by atoms with Crippen molar-refractivity contribution in [3.05, 3.63) is 87.4 Å². The molecule has 34 heavy (non-hydrogen) atoms. The minimum absolute atomic E-state index is 0.00436. The van der Waals surface area contributed by atoms with Gasteiger partial charge < -0.3 is 0 Å². The average Bonchev–Trinajstić information content (AvgIpc) is 3.26. The molecule has 0 radical (unpaired) electrons. The molecule has 1 amide bonds. The molecule has 174 valence electrons. The summed E-state index contributed by atoms with van der Waals surface area (Å²) < 4.78 is 28.6. The summed E-state index contributed by atoms with van der Waals surface area (Å²) in [6.07, 6.45) is 0. The third-order valence-corrected chi connectivity index (χ3v) is 8.06. The minimum Gasteiger partial charge on any atom is -0.296 e. The van der Waals surface area contributed by atoms with Crippen molar-refractivity contribution in [3.63, 3.8) is 0 Å². The van der Waals surface area contributed by atoms with Crippen LogP contribution < -0.4 is 10.0 Å². The van der Waals surface area contributed by atoms with Crippen LogP contribution in [-0.2, 0) is 10.0 Å². The summed E-state index contributed by atoms with van der Waals surface area (Å²) in [5.74, 6) is -0.543. The van der Waals surface area contributed by atoms with E-state index in [0.29, 0.717) is 15.7 Å². The molecule has 0 spiro atoms. The lowest BCUT2D eigenvalue weighted by Gasteiger charge is -2.13. The predicted octanol–water partition coefficient (Wildman–Crippen LogP) is 6.18. The number of sulfonamides is 1. The third-order valence-electron chi connectivity index (χ3n) is 5.07. The molecule has 3 aromatic carbocycles. The number of aromatic nitrogens is 2. The molecule has 0 aliphatic rings. The maximum absolute atomic E-state index is 13.0. The first-order valence-corrected chi connectivity index (χ1v) is 13.0. The number of carbonyl (C=O) groups is 1. The van der Waals surface area contributed by atoms with Crippen LogP contribution in [0.1, 0.15) is 21.5 Å². The Bertz CT molecular complexity index is 1490. The normalized spacial score (nSPS) is 11.3. The second kappa shape index (κ2) is 9.71. The van der Waals surface area contributed by atoms with E-state index >= 15 is 0 Å². The highest BCUT2D eigenvalue weighted by Crippen LogP contribution is 2.29. The number of nitrogens with zero attached hydrogens (tertiary/aromatic N) is 2. The molecule has 4 rings (SSSR count). The van der Waals surface area contributed by atoms with E-state index < -0.39 is 15.9 Å². The molecular weight excluding hydrogens is 515 g/mol. The van der Waals surface area contributed by atoms with E-state index in [1.807, 2.05) is 19.9 Å². The lowest BCUT2D eigenvalue weighted by atomic mass is 10.1. The van der Waals surface area contributed by atoms with Gasteiger partial charge in [-0.2, -0.15) is 0 Å². The number of amides is 1. The van der Waals surface area contributed by atoms with Gasteiger partial charge in [0, 0.05) is 16.1 Å². The first-order chi connectivity index (χ1) is 16.1. The van der Waals surface area contributed by atoms with E-state index in [1.54, 1.807) is 36.4 Å². The zero-order valence-corrected chi connectivity index (χ0v) is 21.1.